The highest BCUT2D eigenvalue weighted by atomic mass is 35.5. The van der Waals surface area contributed by atoms with Crippen molar-refractivity contribution in [3.63, 3.8) is 0 Å². The Morgan fingerprint density at radius 2 is 1.67 bits per heavy atom. The highest BCUT2D eigenvalue weighted by molar-refractivity contribution is 6.30. The van der Waals surface area contributed by atoms with Gasteiger partial charge in [0.2, 0.25) is 5.91 Å². The smallest absolute Gasteiger partial charge is 0.253 e. The van der Waals surface area contributed by atoms with Gasteiger partial charge in [-0.25, -0.2) is 0 Å². The van der Waals surface area contributed by atoms with Crippen molar-refractivity contribution in [3.05, 3.63) is 34.9 Å². The lowest BCUT2D eigenvalue weighted by molar-refractivity contribution is -0.136. The molecule has 130 valence electrons. The first kappa shape index (κ1) is 17.2. The number of benzene rings is 1. The summed E-state index contributed by atoms with van der Waals surface area (Å²) in [6.45, 7) is 2.39. The van der Waals surface area contributed by atoms with Gasteiger partial charge in [0, 0.05) is 36.8 Å². The van der Waals surface area contributed by atoms with E-state index in [1.165, 1.54) is 0 Å². The zero-order valence-corrected chi connectivity index (χ0v) is 14.6. The molecule has 2 amide bonds. The molecule has 2 fully saturated rings. The van der Waals surface area contributed by atoms with E-state index in [1.54, 1.807) is 29.2 Å². The zero-order valence-electron chi connectivity index (χ0n) is 13.8. The summed E-state index contributed by atoms with van der Waals surface area (Å²) in [7, 11) is 0. The molecule has 1 heterocycles. The highest BCUT2D eigenvalue weighted by Gasteiger charge is 2.40. The molecule has 1 saturated heterocycles. The van der Waals surface area contributed by atoms with Gasteiger partial charge in [0.1, 0.15) is 0 Å². The van der Waals surface area contributed by atoms with Crippen LogP contribution in [0.1, 0.15) is 42.5 Å². The van der Waals surface area contributed by atoms with Gasteiger partial charge in [-0.1, -0.05) is 30.5 Å². The Balaban J connectivity index is 1.64. The molecule has 0 unspecified atom stereocenters. The Kier molecular flexibility index (Phi) is 5.11. The Bertz CT molecular complexity index is 628. The minimum atomic E-state index is -0.688. The van der Waals surface area contributed by atoms with E-state index in [-0.39, 0.29) is 11.8 Å². The number of hydrogen-bond donors (Lipinski definition) is 1. The summed E-state index contributed by atoms with van der Waals surface area (Å²) in [6.07, 6.45) is 4.36. The molecule has 1 aromatic carbocycles. The van der Waals surface area contributed by atoms with Gasteiger partial charge in [0.05, 0.1) is 5.54 Å². The predicted molar refractivity (Wildman–Crippen MR) is 93.9 cm³/mol. The second kappa shape index (κ2) is 7.11. The van der Waals surface area contributed by atoms with Crippen molar-refractivity contribution in [2.45, 2.75) is 37.6 Å². The summed E-state index contributed by atoms with van der Waals surface area (Å²) in [5.41, 5.74) is 6.20. The number of nitrogens with zero attached hydrogens (tertiary/aromatic N) is 2. The number of amides is 2. The molecule has 0 aromatic heterocycles. The standard InChI is InChI=1S/C18H24ClN3O2/c19-15-6-3-5-14(13-15)16(23)21-9-4-10-22(12-11-21)17(24)18(20)7-1-2-8-18/h3,5-6,13H,1-2,4,7-12,20H2. The van der Waals surface area contributed by atoms with E-state index in [9.17, 15) is 9.59 Å². The van der Waals surface area contributed by atoms with Gasteiger partial charge in [-0.15, -0.1) is 0 Å². The van der Waals surface area contributed by atoms with Crippen LogP contribution in [-0.2, 0) is 4.79 Å². The topological polar surface area (TPSA) is 66.6 Å². The molecule has 0 atom stereocenters. The molecule has 0 bridgehead atoms. The summed E-state index contributed by atoms with van der Waals surface area (Å²) >= 11 is 5.98. The number of carbonyl (C=O) groups excluding carboxylic acids is 2. The number of carbonyl (C=O) groups is 2. The van der Waals surface area contributed by atoms with E-state index in [0.717, 1.165) is 32.1 Å². The van der Waals surface area contributed by atoms with Gasteiger partial charge in [0.25, 0.3) is 5.91 Å². The van der Waals surface area contributed by atoms with Crippen LogP contribution < -0.4 is 5.73 Å². The average molecular weight is 350 g/mol. The zero-order chi connectivity index (χ0) is 17.2. The molecule has 1 saturated carbocycles. The van der Waals surface area contributed by atoms with Crippen LogP contribution in [0.15, 0.2) is 24.3 Å². The monoisotopic (exact) mass is 349 g/mol. The second-order valence-electron chi connectivity index (χ2n) is 6.81. The van der Waals surface area contributed by atoms with Crippen LogP contribution in [0, 0.1) is 0 Å². The van der Waals surface area contributed by atoms with Crippen LogP contribution in [0.2, 0.25) is 5.02 Å². The maximum absolute atomic E-state index is 12.7. The van der Waals surface area contributed by atoms with E-state index in [0.29, 0.717) is 36.8 Å². The van der Waals surface area contributed by atoms with Gasteiger partial charge >= 0.3 is 0 Å². The number of nitrogens with two attached hydrogens (primary N) is 1. The van der Waals surface area contributed by atoms with Crippen molar-refractivity contribution < 1.29 is 9.59 Å². The second-order valence-corrected chi connectivity index (χ2v) is 7.25. The van der Waals surface area contributed by atoms with E-state index in [4.69, 9.17) is 17.3 Å². The third-order valence-electron chi connectivity index (χ3n) is 5.06. The van der Waals surface area contributed by atoms with Gasteiger partial charge in [-0.2, -0.15) is 0 Å². The van der Waals surface area contributed by atoms with Crippen molar-refractivity contribution in [3.8, 4) is 0 Å². The molecular formula is C18H24ClN3O2. The summed E-state index contributed by atoms with van der Waals surface area (Å²) in [5.74, 6) is 0.0205. The van der Waals surface area contributed by atoms with E-state index >= 15 is 0 Å². The quantitative estimate of drug-likeness (QED) is 0.890. The molecular weight excluding hydrogens is 326 g/mol. The van der Waals surface area contributed by atoms with Crippen molar-refractivity contribution in [2.75, 3.05) is 26.2 Å². The first-order valence-electron chi connectivity index (χ1n) is 8.63. The lowest BCUT2D eigenvalue weighted by Crippen LogP contribution is -2.54. The molecule has 5 nitrogen and oxygen atoms in total. The first-order valence-corrected chi connectivity index (χ1v) is 9.00. The summed E-state index contributed by atoms with van der Waals surface area (Å²) in [6, 6.07) is 6.99. The molecule has 0 spiro atoms. The molecule has 1 aliphatic carbocycles. The Labute approximate surface area is 147 Å². The first-order chi connectivity index (χ1) is 11.5. The van der Waals surface area contributed by atoms with Crippen molar-refractivity contribution in [2.24, 2.45) is 5.73 Å². The molecule has 2 N–H and O–H groups in total. The third kappa shape index (κ3) is 3.57. The van der Waals surface area contributed by atoms with E-state index < -0.39 is 5.54 Å². The molecule has 3 rings (SSSR count). The fourth-order valence-electron chi connectivity index (χ4n) is 3.66. The third-order valence-corrected chi connectivity index (χ3v) is 5.30. The van der Waals surface area contributed by atoms with Crippen LogP contribution in [0.3, 0.4) is 0 Å². The van der Waals surface area contributed by atoms with E-state index in [2.05, 4.69) is 0 Å². The molecule has 0 radical (unpaired) electrons. The van der Waals surface area contributed by atoms with Crippen LogP contribution in [0.25, 0.3) is 0 Å². The fraction of sp³-hybridized carbons (Fsp3) is 0.556. The molecule has 2 aliphatic rings. The maximum Gasteiger partial charge on any atom is 0.253 e. The molecule has 1 aliphatic heterocycles. The molecule has 1 aromatic rings. The Hall–Kier alpha value is -1.59. The van der Waals surface area contributed by atoms with Gasteiger partial charge < -0.3 is 15.5 Å². The van der Waals surface area contributed by atoms with Crippen molar-refractivity contribution in [1.82, 2.24) is 9.80 Å². The number of halogens is 1. The summed E-state index contributed by atoms with van der Waals surface area (Å²) in [5, 5.41) is 0.554. The number of hydrogen-bond acceptors (Lipinski definition) is 3. The van der Waals surface area contributed by atoms with Crippen LogP contribution >= 0.6 is 11.6 Å². The largest absolute Gasteiger partial charge is 0.339 e. The Morgan fingerprint density at radius 3 is 2.38 bits per heavy atom. The Morgan fingerprint density at radius 1 is 1.00 bits per heavy atom. The number of rotatable bonds is 2. The average Bonchev–Trinajstić information content (AvgIpc) is 2.88. The molecule has 24 heavy (non-hydrogen) atoms. The molecule has 6 heteroatoms. The summed E-state index contributed by atoms with van der Waals surface area (Å²) in [4.78, 5) is 29.0. The van der Waals surface area contributed by atoms with Gasteiger partial charge in [-0.3, -0.25) is 9.59 Å². The summed E-state index contributed by atoms with van der Waals surface area (Å²) < 4.78 is 0. The normalized spacial score (nSPS) is 20.8. The highest BCUT2D eigenvalue weighted by Crippen LogP contribution is 2.29. The maximum atomic E-state index is 12.7. The minimum Gasteiger partial charge on any atom is -0.339 e. The van der Waals surface area contributed by atoms with Gasteiger partial charge in [-0.05, 0) is 37.5 Å². The lowest BCUT2D eigenvalue weighted by atomic mass is 9.97. The van der Waals surface area contributed by atoms with Crippen LogP contribution in [-0.4, -0.2) is 53.3 Å². The van der Waals surface area contributed by atoms with E-state index in [1.807, 2.05) is 4.90 Å². The lowest BCUT2D eigenvalue weighted by Gasteiger charge is -2.30. The SMILES string of the molecule is NC1(C(=O)N2CCCN(C(=O)c3cccc(Cl)c3)CC2)CCCC1. The predicted octanol–water partition coefficient (Wildman–Crippen LogP) is 2.29. The minimum absolute atomic E-state index is 0.0323. The van der Waals surface area contributed by atoms with Crippen LogP contribution in [0.4, 0.5) is 0 Å². The van der Waals surface area contributed by atoms with Gasteiger partial charge in [0.15, 0.2) is 0 Å². The fourth-order valence-corrected chi connectivity index (χ4v) is 3.85. The van der Waals surface area contributed by atoms with Crippen molar-refractivity contribution >= 4 is 23.4 Å². The van der Waals surface area contributed by atoms with Crippen molar-refractivity contribution in [1.29, 1.82) is 0 Å². The van der Waals surface area contributed by atoms with Crippen LogP contribution in [0.5, 0.6) is 0 Å².